The molecule has 35 heavy (non-hydrogen) atoms. The van der Waals surface area contributed by atoms with Gasteiger partial charge >= 0.3 is 0 Å². The van der Waals surface area contributed by atoms with Gasteiger partial charge in [0, 0.05) is 18.5 Å². The number of nitrogens with one attached hydrogen (secondary N) is 1. The molecule has 3 heterocycles. The summed E-state index contributed by atoms with van der Waals surface area (Å²) in [4.78, 5) is 41.5. The maximum Gasteiger partial charge on any atom is 0.251 e. The van der Waals surface area contributed by atoms with Crippen LogP contribution in [0.4, 0.5) is 0 Å². The maximum atomic E-state index is 13.6. The molecule has 0 bridgehead atoms. The molecule has 0 spiro atoms. The number of hydrogen-bond acceptors (Lipinski definition) is 7. The zero-order valence-corrected chi connectivity index (χ0v) is 20.6. The van der Waals surface area contributed by atoms with Gasteiger partial charge in [-0.25, -0.2) is 0 Å². The van der Waals surface area contributed by atoms with E-state index in [-0.39, 0.29) is 30.8 Å². The Balaban J connectivity index is 1.38. The quantitative estimate of drug-likeness (QED) is 0.523. The van der Waals surface area contributed by atoms with E-state index in [1.165, 1.54) is 16.4 Å². The fraction of sp³-hybridized carbons (Fsp3) is 0.292. The smallest absolute Gasteiger partial charge is 0.251 e. The van der Waals surface area contributed by atoms with Gasteiger partial charge in [-0.1, -0.05) is 45.9 Å². The van der Waals surface area contributed by atoms with E-state index in [2.05, 4.69) is 14.9 Å². The van der Waals surface area contributed by atoms with Crippen LogP contribution < -0.4 is 5.32 Å². The number of ether oxygens (including phenoxy) is 1. The van der Waals surface area contributed by atoms with Gasteiger partial charge in [-0.05, 0) is 53.3 Å². The number of hydrogen-bond donors (Lipinski definition) is 1. The van der Waals surface area contributed by atoms with Crippen LogP contribution in [0.5, 0.6) is 0 Å². The second-order valence-corrected chi connectivity index (χ2v) is 10.0. The molecule has 3 unspecified atom stereocenters. The van der Waals surface area contributed by atoms with Gasteiger partial charge in [0.1, 0.15) is 18.7 Å². The minimum Gasteiger partial charge on any atom is -0.368 e. The molecular weight excluding hydrogens is 511 g/mol. The van der Waals surface area contributed by atoms with Gasteiger partial charge < -0.3 is 15.0 Å². The van der Waals surface area contributed by atoms with Crippen LogP contribution in [-0.4, -0.2) is 63.4 Å². The van der Waals surface area contributed by atoms with E-state index >= 15 is 0 Å². The Labute approximate surface area is 215 Å². The third-order valence-electron chi connectivity index (χ3n) is 6.22. The van der Waals surface area contributed by atoms with Gasteiger partial charge in [-0.15, -0.1) is 5.10 Å². The summed E-state index contributed by atoms with van der Waals surface area (Å²) in [6.45, 7) is 0.399. The van der Waals surface area contributed by atoms with E-state index in [4.69, 9.17) is 27.9 Å². The van der Waals surface area contributed by atoms with Crippen LogP contribution >= 0.6 is 34.7 Å². The lowest BCUT2D eigenvalue weighted by atomic mass is 10.0. The molecule has 3 aromatic rings. The number of benzene rings is 2. The summed E-state index contributed by atoms with van der Waals surface area (Å²) in [5, 5.41) is 7.44. The molecule has 180 valence electrons. The normalized spacial score (nSPS) is 20.1. The van der Waals surface area contributed by atoms with Crippen molar-refractivity contribution in [2.24, 2.45) is 0 Å². The number of ketones is 1. The first-order chi connectivity index (χ1) is 16.9. The Morgan fingerprint density at radius 3 is 2.69 bits per heavy atom. The molecule has 1 aromatic heterocycles. The molecule has 11 heteroatoms. The molecule has 2 amide bonds. The van der Waals surface area contributed by atoms with E-state index in [9.17, 15) is 14.4 Å². The summed E-state index contributed by atoms with van der Waals surface area (Å²) in [6, 6.07) is 10.5. The average Bonchev–Trinajstić information content (AvgIpc) is 3.61. The number of aromatic nitrogens is 2. The Morgan fingerprint density at radius 1 is 1.17 bits per heavy atom. The summed E-state index contributed by atoms with van der Waals surface area (Å²) >= 11 is 13.5. The van der Waals surface area contributed by atoms with Crippen LogP contribution in [0.1, 0.15) is 22.3 Å². The number of halogens is 2. The van der Waals surface area contributed by atoms with E-state index in [0.29, 0.717) is 28.6 Å². The van der Waals surface area contributed by atoms with Crippen LogP contribution in [0, 0.1) is 0 Å². The van der Waals surface area contributed by atoms with Crippen LogP contribution in [0.25, 0.3) is 10.4 Å². The fourth-order valence-electron chi connectivity index (χ4n) is 4.47. The largest absolute Gasteiger partial charge is 0.368 e. The predicted octanol–water partition coefficient (Wildman–Crippen LogP) is 3.42. The van der Waals surface area contributed by atoms with Crippen molar-refractivity contribution in [2.45, 2.75) is 31.0 Å². The van der Waals surface area contributed by atoms with Crippen LogP contribution in [0.3, 0.4) is 0 Å². The van der Waals surface area contributed by atoms with Gasteiger partial charge in [-0.3, -0.25) is 14.4 Å². The number of carbonyl (C=O) groups excluding carboxylic acids is 3. The molecule has 1 N–H and O–H groups in total. The van der Waals surface area contributed by atoms with Gasteiger partial charge in [0.2, 0.25) is 5.91 Å². The second kappa shape index (κ2) is 10.0. The van der Waals surface area contributed by atoms with Crippen molar-refractivity contribution in [3.63, 3.8) is 0 Å². The van der Waals surface area contributed by atoms with Crippen molar-refractivity contribution in [2.75, 3.05) is 13.2 Å². The first-order valence-corrected chi connectivity index (χ1v) is 12.5. The number of fused-ring (bicyclic) bond motifs is 1. The van der Waals surface area contributed by atoms with Gasteiger partial charge in [0.25, 0.3) is 5.91 Å². The number of amides is 2. The number of likely N-dealkylation sites (tertiary alicyclic amines) is 1. The first kappa shape index (κ1) is 23.9. The molecule has 2 aromatic carbocycles. The maximum absolute atomic E-state index is 13.6. The third kappa shape index (κ3) is 4.95. The van der Waals surface area contributed by atoms with Crippen molar-refractivity contribution in [3.05, 3.63) is 69.8 Å². The summed E-state index contributed by atoms with van der Waals surface area (Å²) in [7, 11) is 0. The van der Waals surface area contributed by atoms with Gasteiger partial charge in [0.05, 0.1) is 27.2 Å². The fourth-order valence-corrected chi connectivity index (χ4v) is 5.30. The van der Waals surface area contributed by atoms with Gasteiger partial charge in [0.15, 0.2) is 5.78 Å². The molecule has 3 atom stereocenters. The highest BCUT2D eigenvalue weighted by Crippen LogP contribution is 2.29. The van der Waals surface area contributed by atoms with E-state index in [1.54, 1.807) is 48.7 Å². The predicted molar refractivity (Wildman–Crippen MR) is 132 cm³/mol. The molecular formula is C24H20Cl2N4O4S. The van der Waals surface area contributed by atoms with Crippen molar-refractivity contribution in [1.29, 1.82) is 0 Å². The monoisotopic (exact) mass is 530 g/mol. The minimum absolute atomic E-state index is 0.00452. The summed E-state index contributed by atoms with van der Waals surface area (Å²) < 4.78 is 9.37. The van der Waals surface area contributed by atoms with Crippen molar-refractivity contribution in [1.82, 2.24) is 19.8 Å². The highest BCUT2D eigenvalue weighted by atomic mass is 35.5. The van der Waals surface area contributed by atoms with E-state index < -0.39 is 18.0 Å². The molecule has 2 saturated heterocycles. The van der Waals surface area contributed by atoms with E-state index in [1.807, 2.05) is 0 Å². The molecule has 8 nitrogen and oxygen atoms in total. The molecule has 5 rings (SSSR count). The lowest BCUT2D eigenvalue weighted by Gasteiger charge is -2.27. The third-order valence-corrected chi connectivity index (χ3v) is 7.67. The molecule has 0 radical (unpaired) electrons. The average molecular weight is 531 g/mol. The van der Waals surface area contributed by atoms with Crippen molar-refractivity contribution >= 4 is 52.3 Å². The minimum atomic E-state index is -0.905. The Morgan fingerprint density at radius 2 is 1.97 bits per heavy atom. The second-order valence-electron chi connectivity index (χ2n) is 8.42. The summed E-state index contributed by atoms with van der Waals surface area (Å²) in [5.74, 6) is -0.848. The van der Waals surface area contributed by atoms with Crippen LogP contribution in [0.2, 0.25) is 10.0 Å². The molecule has 2 fully saturated rings. The summed E-state index contributed by atoms with van der Waals surface area (Å²) in [5.41, 5.74) is 2.02. The lowest BCUT2D eigenvalue weighted by molar-refractivity contribution is -0.138. The SMILES string of the molecule is O=C(NC(Cc1ccc(Cl)c(Cl)c1)C(=O)N1CCC2OCC(=O)C21)c1ccc(-c2cnns2)cc1. The zero-order chi connectivity index (χ0) is 24.5. The number of nitrogens with zero attached hydrogens (tertiary/aromatic N) is 3. The topological polar surface area (TPSA) is 101 Å². The highest BCUT2D eigenvalue weighted by Gasteiger charge is 2.48. The van der Waals surface area contributed by atoms with Crippen LogP contribution in [-0.2, 0) is 20.7 Å². The van der Waals surface area contributed by atoms with Gasteiger partial charge in [-0.2, -0.15) is 0 Å². The lowest BCUT2D eigenvalue weighted by Crippen LogP contribution is -2.53. The first-order valence-electron chi connectivity index (χ1n) is 11.0. The zero-order valence-electron chi connectivity index (χ0n) is 18.3. The van der Waals surface area contributed by atoms with E-state index in [0.717, 1.165) is 16.0 Å². The Bertz CT molecular complexity index is 1270. The number of rotatable bonds is 6. The van der Waals surface area contributed by atoms with Crippen molar-refractivity contribution < 1.29 is 19.1 Å². The van der Waals surface area contributed by atoms with Crippen molar-refractivity contribution in [3.8, 4) is 10.4 Å². The van der Waals surface area contributed by atoms with Crippen LogP contribution in [0.15, 0.2) is 48.7 Å². The highest BCUT2D eigenvalue weighted by molar-refractivity contribution is 7.09. The number of Topliss-reactive ketones (excluding diaryl/α,β-unsaturated/α-hetero) is 1. The molecule has 0 saturated carbocycles. The molecule has 2 aliphatic heterocycles. The Kier molecular flexibility index (Phi) is 6.84. The molecule has 0 aliphatic carbocycles. The Hall–Kier alpha value is -2.85. The standard InChI is InChI=1S/C24H20Cl2N4O4S/c25-16-6-1-13(9-17(16)26)10-18(24(33)30-8-7-20-22(30)19(31)12-34-20)28-23(32)15-4-2-14(3-5-15)21-11-27-29-35-21/h1-6,9,11,18,20,22H,7-8,10,12H2,(H,28,32). The number of carbonyl (C=O) groups is 3. The molecule has 2 aliphatic rings. The summed E-state index contributed by atoms with van der Waals surface area (Å²) in [6.07, 6.45) is 2.14.